The van der Waals surface area contributed by atoms with Crippen molar-refractivity contribution in [1.29, 1.82) is 0 Å². The molecule has 0 aliphatic heterocycles. The van der Waals surface area contributed by atoms with Crippen molar-refractivity contribution in [3.63, 3.8) is 0 Å². The average Bonchev–Trinajstić information content (AvgIpc) is 3.03. The van der Waals surface area contributed by atoms with Gasteiger partial charge >= 0.3 is 0 Å². The second-order valence-corrected chi connectivity index (χ2v) is 9.72. The first-order valence-corrected chi connectivity index (χ1v) is 10.00. The molecule has 0 radical (unpaired) electrons. The van der Waals surface area contributed by atoms with E-state index in [0.29, 0.717) is 5.92 Å². The quantitative estimate of drug-likeness (QED) is 0.504. The molecule has 0 N–H and O–H groups in total. The molecule has 6 atom stereocenters. The summed E-state index contributed by atoms with van der Waals surface area (Å²) in [7, 11) is 0. The first-order valence-electron chi connectivity index (χ1n) is 10.00. The van der Waals surface area contributed by atoms with Crippen LogP contribution < -0.4 is 0 Å². The Labute approximate surface area is 137 Å². The van der Waals surface area contributed by atoms with Crippen molar-refractivity contribution >= 4 is 0 Å². The van der Waals surface area contributed by atoms with Gasteiger partial charge in [-0.3, -0.25) is 0 Å². The zero-order valence-corrected chi connectivity index (χ0v) is 15.4. The van der Waals surface area contributed by atoms with Crippen molar-refractivity contribution in [1.82, 2.24) is 0 Å². The molecule has 0 nitrogen and oxygen atoms in total. The van der Waals surface area contributed by atoms with Crippen LogP contribution in [0.25, 0.3) is 0 Å². The van der Waals surface area contributed by atoms with Crippen LogP contribution in [0.3, 0.4) is 0 Å². The van der Waals surface area contributed by atoms with Crippen molar-refractivity contribution in [3.8, 4) is 0 Å². The lowest BCUT2D eigenvalue weighted by atomic mass is 9.61. The van der Waals surface area contributed by atoms with Crippen LogP contribution in [0.2, 0.25) is 0 Å². The molecule has 0 aromatic rings. The highest BCUT2D eigenvalue weighted by atomic mass is 19.1. The summed E-state index contributed by atoms with van der Waals surface area (Å²) < 4.78 is 14.5. The first-order chi connectivity index (χ1) is 10.3. The van der Waals surface area contributed by atoms with Crippen LogP contribution in [0.1, 0.15) is 79.6 Å². The van der Waals surface area contributed by atoms with Gasteiger partial charge in [0.2, 0.25) is 0 Å². The minimum atomic E-state index is -0.813. The average molecular weight is 309 g/mol. The topological polar surface area (TPSA) is 0 Å². The number of alkyl halides is 1. The summed E-state index contributed by atoms with van der Waals surface area (Å²) in [5, 5.41) is 0. The van der Waals surface area contributed by atoms with E-state index in [9.17, 15) is 4.39 Å². The van der Waals surface area contributed by atoms with Gasteiger partial charge in [0.1, 0.15) is 5.67 Å². The maximum absolute atomic E-state index is 14.5. The van der Waals surface area contributed by atoms with Crippen LogP contribution in [0.15, 0.2) is 0 Å². The Kier molecular flexibility index (Phi) is 4.65. The maximum Gasteiger partial charge on any atom is 0.116 e. The van der Waals surface area contributed by atoms with E-state index in [0.717, 1.165) is 48.3 Å². The molecule has 0 bridgehead atoms. The van der Waals surface area contributed by atoms with Gasteiger partial charge in [0.15, 0.2) is 0 Å². The van der Waals surface area contributed by atoms with Crippen LogP contribution in [0, 0.1) is 47.3 Å². The fourth-order valence-electron chi connectivity index (χ4n) is 5.63. The molecule has 3 saturated carbocycles. The third-order valence-corrected chi connectivity index (χ3v) is 7.89. The monoisotopic (exact) mass is 308 g/mol. The lowest BCUT2D eigenvalue weighted by Crippen LogP contribution is -2.35. The Morgan fingerprint density at radius 3 is 2.14 bits per heavy atom. The predicted molar refractivity (Wildman–Crippen MR) is 92.4 cm³/mol. The minimum absolute atomic E-state index is 0.212. The van der Waals surface area contributed by atoms with Gasteiger partial charge in [0.25, 0.3) is 0 Å². The van der Waals surface area contributed by atoms with E-state index in [4.69, 9.17) is 0 Å². The third kappa shape index (κ3) is 3.11. The lowest BCUT2D eigenvalue weighted by molar-refractivity contribution is 0.0573. The van der Waals surface area contributed by atoms with Crippen LogP contribution in [-0.4, -0.2) is 5.67 Å². The van der Waals surface area contributed by atoms with E-state index in [-0.39, 0.29) is 5.92 Å². The van der Waals surface area contributed by atoms with Gasteiger partial charge < -0.3 is 0 Å². The summed E-state index contributed by atoms with van der Waals surface area (Å²) in [6.07, 6.45) is 9.23. The molecule has 0 heterocycles. The highest BCUT2D eigenvalue weighted by Crippen LogP contribution is 2.57. The smallest absolute Gasteiger partial charge is 0.116 e. The molecule has 1 heteroatoms. The van der Waals surface area contributed by atoms with Crippen molar-refractivity contribution in [2.24, 2.45) is 47.3 Å². The molecule has 0 amide bonds. The molecule has 3 aliphatic rings. The second-order valence-electron chi connectivity index (χ2n) is 9.72. The molecule has 3 fully saturated rings. The Balaban J connectivity index is 1.35. The highest BCUT2D eigenvalue weighted by Gasteiger charge is 2.57. The molecule has 0 spiro atoms. The van der Waals surface area contributed by atoms with Crippen LogP contribution in [0.4, 0.5) is 4.39 Å². The summed E-state index contributed by atoms with van der Waals surface area (Å²) in [5.74, 6) is 6.14. The zero-order chi connectivity index (χ0) is 16.1. The van der Waals surface area contributed by atoms with E-state index in [1.54, 1.807) is 0 Å². The Morgan fingerprint density at radius 1 is 1.00 bits per heavy atom. The molecule has 6 unspecified atom stereocenters. The minimum Gasteiger partial charge on any atom is -0.243 e. The predicted octanol–water partition coefficient (Wildman–Crippen LogP) is 6.50. The van der Waals surface area contributed by atoms with Crippen LogP contribution in [-0.2, 0) is 0 Å². The molecule has 0 aromatic heterocycles. The number of hydrogen-bond donors (Lipinski definition) is 0. The Bertz CT molecular complexity index is 383. The number of hydrogen-bond acceptors (Lipinski definition) is 0. The lowest BCUT2D eigenvalue weighted by Gasteiger charge is -2.45. The fraction of sp³-hybridized carbons (Fsp3) is 1.00. The van der Waals surface area contributed by atoms with Crippen molar-refractivity contribution < 1.29 is 4.39 Å². The van der Waals surface area contributed by atoms with Gasteiger partial charge in [-0.2, -0.15) is 0 Å². The second kappa shape index (κ2) is 6.10. The molecule has 0 aromatic carbocycles. The summed E-state index contributed by atoms with van der Waals surface area (Å²) in [6.45, 7) is 11.4. The molecule has 3 aliphatic carbocycles. The summed E-state index contributed by atoms with van der Waals surface area (Å²) >= 11 is 0. The third-order valence-electron chi connectivity index (χ3n) is 7.89. The van der Waals surface area contributed by atoms with Crippen LogP contribution >= 0.6 is 0 Å². The van der Waals surface area contributed by atoms with Gasteiger partial charge in [0, 0.05) is 0 Å². The van der Waals surface area contributed by atoms with Crippen molar-refractivity contribution in [2.75, 3.05) is 0 Å². The number of rotatable bonds is 7. The first kappa shape index (κ1) is 16.8. The SMILES string of the molecule is CC(CC1CC1(F)C(C)C)C1CC(CC(C)C2CCC2C)C1. The normalized spacial score (nSPS) is 46.8. The Hall–Kier alpha value is -0.0700. The van der Waals surface area contributed by atoms with Crippen molar-refractivity contribution in [3.05, 3.63) is 0 Å². The van der Waals surface area contributed by atoms with E-state index >= 15 is 0 Å². The molecule has 128 valence electrons. The molecular weight excluding hydrogens is 271 g/mol. The summed E-state index contributed by atoms with van der Waals surface area (Å²) in [6, 6.07) is 0. The van der Waals surface area contributed by atoms with Gasteiger partial charge in [-0.1, -0.05) is 41.0 Å². The van der Waals surface area contributed by atoms with E-state index in [1.807, 2.05) is 13.8 Å². The molecule has 22 heavy (non-hydrogen) atoms. The van der Waals surface area contributed by atoms with E-state index in [1.165, 1.54) is 32.1 Å². The van der Waals surface area contributed by atoms with Gasteiger partial charge in [-0.25, -0.2) is 4.39 Å². The standard InChI is InChI=1S/C21H37F/c1-13(2)21(22)12-19(21)9-15(4)18-10-17(11-18)8-16(5)20-7-6-14(20)3/h13-20H,6-12H2,1-5H3. The zero-order valence-electron chi connectivity index (χ0n) is 15.4. The highest BCUT2D eigenvalue weighted by molar-refractivity contribution is 5.06. The molecule has 3 rings (SSSR count). The molecule has 0 saturated heterocycles. The van der Waals surface area contributed by atoms with Crippen molar-refractivity contribution in [2.45, 2.75) is 85.2 Å². The fourth-order valence-corrected chi connectivity index (χ4v) is 5.63. The van der Waals surface area contributed by atoms with Gasteiger partial charge in [0.05, 0.1) is 0 Å². The van der Waals surface area contributed by atoms with Gasteiger partial charge in [-0.05, 0) is 85.9 Å². The summed E-state index contributed by atoms with van der Waals surface area (Å²) in [4.78, 5) is 0. The number of halogens is 1. The van der Waals surface area contributed by atoms with E-state index < -0.39 is 5.67 Å². The van der Waals surface area contributed by atoms with Gasteiger partial charge in [-0.15, -0.1) is 0 Å². The maximum atomic E-state index is 14.5. The van der Waals surface area contributed by atoms with Crippen LogP contribution in [0.5, 0.6) is 0 Å². The largest absolute Gasteiger partial charge is 0.243 e. The Morgan fingerprint density at radius 2 is 1.68 bits per heavy atom. The van der Waals surface area contributed by atoms with E-state index in [2.05, 4.69) is 20.8 Å². The molecular formula is C21H37F. The summed E-state index contributed by atoms with van der Waals surface area (Å²) in [5.41, 5.74) is -0.813.